The van der Waals surface area contributed by atoms with Gasteiger partial charge in [-0.3, -0.25) is 9.13 Å². The van der Waals surface area contributed by atoms with Gasteiger partial charge in [-0.25, -0.2) is 14.2 Å². The van der Waals surface area contributed by atoms with E-state index in [1.165, 1.54) is 22.8 Å². The molecule has 1 saturated carbocycles. The largest absolute Gasteiger partial charge is 0.328 e. The monoisotopic (exact) mass is 331 g/mol. The molecule has 1 aromatic heterocycles. The van der Waals surface area contributed by atoms with Gasteiger partial charge in [-0.15, -0.1) is 0 Å². The third-order valence-corrected chi connectivity index (χ3v) is 4.62. The number of aryl methyl sites for hydroxylation is 1. The van der Waals surface area contributed by atoms with Crippen LogP contribution in [0.5, 0.6) is 0 Å². The van der Waals surface area contributed by atoms with Crippen molar-refractivity contribution in [2.45, 2.75) is 26.3 Å². The summed E-state index contributed by atoms with van der Waals surface area (Å²) in [6, 6.07) is 3.21. The normalized spacial score (nSPS) is 16.9. The van der Waals surface area contributed by atoms with Crippen LogP contribution in [0.4, 0.5) is 8.78 Å². The van der Waals surface area contributed by atoms with Gasteiger partial charge in [0.25, 0.3) is 0 Å². The minimum absolute atomic E-state index is 0.108. The molecule has 0 aliphatic heterocycles. The Morgan fingerprint density at radius 1 is 1.46 bits per heavy atom. The van der Waals surface area contributed by atoms with Crippen LogP contribution in [0.1, 0.15) is 25.3 Å². The van der Waals surface area contributed by atoms with Crippen LogP contribution in [0.15, 0.2) is 40.7 Å². The second-order valence-corrected chi connectivity index (χ2v) is 6.55. The maximum atomic E-state index is 15.0. The summed E-state index contributed by atoms with van der Waals surface area (Å²) in [5, 5.41) is 0. The Bertz CT molecular complexity index is 930. The lowest BCUT2D eigenvalue weighted by molar-refractivity contribution is 0.460. The van der Waals surface area contributed by atoms with Crippen molar-refractivity contribution in [3.63, 3.8) is 0 Å². The summed E-state index contributed by atoms with van der Waals surface area (Å²) in [7, 11) is 1.54. The fourth-order valence-electron chi connectivity index (χ4n) is 2.94. The average molecular weight is 331 g/mol. The molecule has 0 N–H and O–H groups in total. The standard InChI is InChI=1S/C18H19F2N3O/c1-4-5-13(21-11-19)12-6-7-14-16(15(12)20)22(3)17(24)23(14)10-18(2)8-9-18/h4-7,11H,1,8-10H2,2-3H3. The molecule has 2 aromatic rings. The summed E-state index contributed by atoms with van der Waals surface area (Å²) in [4.78, 5) is 16.1. The van der Waals surface area contributed by atoms with Crippen LogP contribution in [0.2, 0.25) is 0 Å². The van der Waals surface area contributed by atoms with Crippen LogP contribution in [0, 0.1) is 11.2 Å². The molecule has 0 bridgehead atoms. The number of hydrogen-bond acceptors (Lipinski definition) is 2. The Kier molecular flexibility index (Phi) is 3.99. The first-order valence-corrected chi connectivity index (χ1v) is 7.75. The van der Waals surface area contributed by atoms with Gasteiger partial charge in [0.05, 0.1) is 11.2 Å². The van der Waals surface area contributed by atoms with Gasteiger partial charge in [-0.2, -0.15) is 4.39 Å². The number of aliphatic imine (C=N–C) groups is 1. The van der Waals surface area contributed by atoms with Crippen molar-refractivity contribution in [2.75, 3.05) is 0 Å². The minimum atomic E-state index is -0.592. The number of hydrogen-bond donors (Lipinski definition) is 0. The van der Waals surface area contributed by atoms with Crippen LogP contribution in [-0.2, 0) is 13.6 Å². The van der Waals surface area contributed by atoms with Gasteiger partial charge in [0.1, 0.15) is 5.52 Å². The molecule has 0 spiro atoms. The molecule has 1 aromatic carbocycles. The molecule has 0 unspecified atom stereocenters. The molecule has 3 rings (SSSR count). The van der Waals surface area contributed by atoms with E-state index in [1.807, 2.05) is 0 Å². The number of benzene rings is 1. The van der Waals surface area contributed by atoms with E-state index in [9.17, 15) is 9.18 Å². The molecule has 126 valence electrons. The van der Waals surface area contributed by atoms with E-state index in [1.54, 1.807) is 17.7 Å². The van der Waals surface area contributed by atoms with Crippen molar-refractivity contribution in [1.82, 2.24) is 9.13 Å². The number of aromatic nitrogens is 2. The molecule has 0 atom stereocenters. The highest BCUT2D eigenvalue weighted by Gasteiger charge is 2.38. The number of nitrogens with zero attached hydrogens (tertiary/aromatic N) is 3. The zero-order chi connectivity index (χ0) is 17.5. The fraction of sp³-hybridized carbons (Fsp3) is 0.333. The molecule has 24 heavy (non-hydrogen) atoms. The lowest BCUT2D eigenvalue weighted by Crippen LogP contribution is -2.25. The number of allylic oxidation sites excluding steroid dienone is 2. The predicted octanol–water partition coefficient (Wildman–Crippen LogP) is 3.80. The highest BCUT2D eigenvalue weighted by atomic mass is 19.1. The fourth-order valence-corrected chi connectivity index (χ4v) is 2.94. The zero-order valence-corrected chi connectivity index (χ0v) is 13.7. The van der Waals surface area contributed by atoms with Crippen molar-refractivity contribution >= 4 is 23.2 Å². The molecule has 0 radical (unpaired) electrons. The molecule has 1 fully saturated rings. The summed E-state index contributed by atoms with van der Waals surface area (Å²) >= 11 is 0. The molecule has 4 nitrogen and oxygen atoms in total. The molecule has 1 aliphatic rings. The zero-order valence-electron chi connectivity index (χ0n) is 13.7. The summed E-state index contributed by atoms with van der Waals surface area (Å²) in [5.74, 6) is -0.592. The molecule has 0 saturated heterocycles. The molecular formula is C18H19F2N3O. The van der Waals surface area contributed by atoms with Gasteiger partial charge in [-0.05, 0) is 36.5 Å². The Labute approximate surface area is 138 Å². The predicted molar refractivity (Wildman–Crippen MR) is 92.3 cm³/mol. The van der Waals surface area contributed by atoms with Crippen molar-refractivity contribution < 1.29 is 8.78 Å². The van der Waals surface area contributed by atoms with Crippen LogP contribution >= 0.6 is 0 Å². The van der Waals surface area contributed by atoms with Crippen LogP contribution in [-0.4, -0.2) is 15.6 Å². The highest BCUT2D eigenvalue weighted by Crippen LogP contribution is 2.46. The summed E-state index contributed by atoms with van der Waals surface area (Å²) in [6.45, 7) is 6.32. The molecule has 1 heterocycles. The lowest BCUT2D eigenvalue weighted by Gasteiger charge is -2.10. The molecule has 1 aliphatic carbocycles. The van der Waals surface area contributed by atoms with E-state index < -0.39 is 5.82 Å². The van der Waals surface area contributed by atoms with Gasteiger partial charge < -0.3 is 0 Å². The smallest absolute Gasteiger partial charge is 0.292 e. The molecule has 0 amide bonds. The average Bonchev–Trinajstić information content (AvgIpc) is 3.23. The van der Waals surface area contributed by atoms with E-state index in [4.69, 9.17) is 0 Å². The summed E-state index contributed by atoms with van der Waals surface area (Å²) < 4.78 is 30.4. The number of fused-ring (bicyclic) bond motifs is 1. The summed E-state index contributed by atoms with van der Waals surface area (Å²) in [5.41, 5.74) is 0.838. The van der Waals surface area contributed by atoms with Crippen LogP contribution in [0.25, 0.3) is 16.7 Å². The van der Waals surface area contributed by atoms with Crippen molar-refractivity contribution in [1.29, 1.82) is 0 Å². The van der Waals surface area contributed by atoms with E-state index in [0.29, 0.717) is 12.1 Å². The van der Waals surface area contributed by atoms with Gasteiger partial charge >= 0.3 is 5.69 Å². The van der Waals surface area contributed by atoms with Crippen LogP contribution in [0.3, 0.4) is 0 Å². The van der Waals surface area contributed by atoms with E-state index in [2.05, 4.69) is 18.5 Å². The van der Waals surface area contributed by atoms with Crippen molar-refractivity contribution in [3.05, 3.63) is 52.7 Å². The van der Waals surface area contributed by atoms with E-state index in [-0.39, 0.29) is 34.4 Å². The Morgan fingerprint density at radius 2 is 2.17 bits per heavy atom. The van der Waals surface area contributed by atoms with Crippen molar-refractivity contribution in [2.24, 2.45) is 17.5 Å². The van der Waals surface area contributed by atoms with Crippen molar-refractivity contribution in [3.8, 4) is 0 Å². The van der Waals surface area contributed by atoms with Gasteiger partial charge in [-0.1, -0.05) is 19.6 Å². The van der Waals surface area contributed by atoms with Crippen LogP contribution < -0.4 is 5.69 Å². The van der Waals surface area contributed by atoms with Gasteiger partial charge in [0.15, 0.2) is 12.3 Å². The Balaban J connectivity index is 2.23. The van der Waals surface area contributed by atoms with E-state index >= 15 is 4.39 Å². The first-order chi connectivity index (χ1) is 11.4. The van der Waals surface area contributed by atoms with Gasteiger partial charge in [0, 0.05) is 19.2 Å². The maximum absolute atomic E-state index is 15.0. The molecule has 6 heteroatoms. The first-order valence-electron chi connectivity index (χ1n) is 7.75. The third kappa shape index (κ3) is 2.62. The minimum Gasteiger partial charge on any atom is -0.292 e. The van der Waals surface area contributed by atoms with Gasteiger partial charge in [0.2, 0.25) is 0 Å². The second-order valence-electron chi connectivity index (χ2n) is 6.55. The number of halogens is 2. The summed E-state index contributed by atoms with van der Waals surface area (Å²) in [6.07, 6.45) is 4.95. The van der Waals surface area contributed by atoms with E-state index in [0.717, 1.165) is 12.8 Å². The number of rotatable bonds is 5. The molecular weight excluding hydrogens is 312 g/mol. The highest BCUT2D eigenvalue weighted by molar-refractivity contribution is 5.83. The second kappa shape index (κ2) is 5.85. The maximum Gasteiger partial charge on any atom is 0.328 e. The number of imidazole rings is 1. The lowest BCUT2D eigenvalue weighted by atomic mass is 10.1. The third-order valence-electron chi connectivity index (χ3n) is 4.62. The SMILES string of the molecule is C=CC=C(N=CF)c1ccc2c(c1F)n(C)c(=O)n2CC1(C)CC1. The first kappa shape index (κ1) is 16.4. The topological polar surface area (TPSA) is 39.3 Å². The quantitative estimate of drug-likeness (QED) is 0.607. The Hall–Kier alpha value is -2.50. The Morgan fingerprint density at radius 3 is 2.75 bits per heavy atom.